The highest BCUT2D eigenvalue weighted by Gasteiger charge is 2.03. The quantitative estimate of drug-likeness (QED) is 0.568. The number of fused-ring (bicyclic) bond motifs is 3. The van der Waals surface area contributed by atoms with Gasteiger partial charge >= 0.3 is 0 Å². The number of pyridine rings is 1. The molecule has 2 heterocycles. The summed E-state index contributed by atoms with van der Waals surface area (Å²) >= 11 is 0. The zero-order valence-electron chi connectivity index (χ0n) is 7.91. The molecule has 0 atom stereocenters. The molecule has 0 amide bonds. The maximum atomic E-state index is 4.29. The third-order valence-electron chi connectivity index (χ3n) is 2.53. The SMILES string of the molecule is Cc1ccc2[nH]c3ncccc3c2c1. The van der Waals surface area contributed by atoms with Gasteiger partial charge in [-0.1, -0.05) is 11.6 Å². The average Bonchev–Trinajstić information content (AvgIpc) is 2.56. The van der Waals surface area contributed by atoms with Crippen LogP contribution in [0, 0.1) is 6.92 Å². The van der Waals surface area contributed by atoms with Crippen molar-refractivity contribution in [1.29, 1.82) is 0 Å². The van der Waals surface area contributed by atoms with Gasteiger partial charge in [0.2, 0.25) is 0 Å². The summed E-state index contributed by atoms with van der Waals surface area (Å²) in [4.78, 5) is 7.59. The third-order valence-corrected chi connectivity index (χ3v) is 2.53. The Morgan fingerprint density at radius 2 is 2.07 bits per heavy atom. The van der Waals surface area contributed by atoms with Gasteiger partial charge < -0.3 is 4.98 Å². The highest BCUT2D eigenvalue weighted by molar-refractivity contribution is 6.05. The molecule has 0 spiro atoms. The molecule has 0 saturated heterocycles. The van der Waals surface area contributed by atoms with Crippen LogP contribution in [0.5, 0.6) is 0 Å². The Morgan fingerprint density at radius 1 is 1.14 bits per heavy atom. The summed E-state index contributed by atoms with van der Waals surface area (Å²) in [7, 11) is 0. The van der Waals surface area contributed by atoms with Crippen LogP contribution in [0.25, 0.3) is 21.9 Å². The Bertz CT molecular complexity index is 608. The van der Waals surface area contributed by atoms with E-state index in [2.05, 4.69) is 41.2 Å². The molecule has 0 fully saturated rings. The van der Waals surface area contributed by atoms with Crippen molar-refractivity contribution in [1.82, 2.24) is 9.97 Å². The van der Waals surface area contributed by atoms with E-state index in [0.29, 0.717) is 0 Å². The lowest BCUT2D eigenvalue weighted by Crippen LogP contribution is -1.71. The van der Waals surface area contributed by atoms with Gasteiger partial charge in [-0.3, -0.25) is 0 Å². The molecule has 0 aliphatic heterocycles. The lowest BCUT2D eigenvalue weighted by molar-refractivity contribution is 1.35. The lowest BCUT2D eigenvalue weighted by atomic mass is 10.1. The fourth-order valence-electron chi connectivity index (χ4n) is 1.84. The van der Waals surface area contributed by atoms with Crippen LogP contribution in [-0.4, -0.2) is 9.97 Å². The minimum atomic E-state index is 0.966. The number of benzene rings is 1. The van der Waals surface area contributed by atoms with E-state index in [9.17, 15) is 0 Å². The number of H-pyrrole nitrogens is 1. The molecular weight excluding hydrogens is 172 g/mol. The van der Waals surface area contributed by atoms with Crippen molar-refractivity contribution in [2.75, 3.05) is 0 Å². The predicted molar refractivity (Wildman–Crippen MR) is 58.3 cm³/mol. The Labute approximate surface area is 81.6 Å². The molecule has 0 unspecified atom stereocenters. The van der Waals surface area contributed by atoms with E-state index in [1.807, 2.05) is 12.3 Å². The smallest absolute Gasteiger partial charge is 0.138 e. The van der Waals surface area contributed by atoms with Crippen LogP contribution in [0.15, 0.2) is 36.5 Å². The van der Waals surface area contributed by atoms with Crippen molar-refractivity contribution in [2.24, 2.45) is 0 Å². The van der Waals surface area contributed by atoms with Crippen LogP contribution in [0.3, 0.4) is 0 Å². The van der Waals surface area contributed by atoms with Crippen molar-refractivity contribution in [2.45, 2.75) is 6.92 Å². The number of rotatable bonds is 0. The first-order chi connectivity index (χ1) is 6.84. The summed E-state index contributed by atoms with van der Waals surface area (Å²) in [6.45, 7) is 2.11. The van der Waals surface area contributed by atoms with Gasteiger partial charge in [0.25, 0.3) is 0 Å². The average molecular weight is 182 g/mol. The van der Waals surface area contributed by atoms with Crippen LogP contribution in [0.4, 0.5) is 0 Å². The van der Waals surface area contributed by atoms with E-state index in [-0.39, 0.29) is 0 Å². The molecule has 14 heavy (non-hydrogen) atoms. The second-order valence-electron chi connectivity index (χ2n) is 3.57. The van der Waals surface area contributed by atoms with Gasteiger partial charge in [-0.2, -0.15) is 0 Å². The molecular formula is C12H10N2. The van der Waals surface area contributed by atoms with Crippen LogP contribution in [-0.2, 0) is 0 Å². The highest BCUT2D eigenvalue weighted by Crippen LogP contribution is 2.24. The van der Waals surface area contributed by atoms with E-state index in [1.165, 1.54) is 16.3 Å². The molecule has 2 heteroatoms. The number of aromatic amines is 1. The summed E-state index contributed by atoms with van der Waals surface area (Å²) < 4.78 is 0. The normalized spacial score (nSPS) is 11.2. The van der Waals surface area contributed by atoms with E-state index in [4.69, 9.17) is 0 Å². The van der Waals surface area contributed by atoms with Crippen molar-refractivity contribution < 1.29 is 0 Å². The van der Waals surface area contributed by atoms with Crippen molar-refractivity contribution in [3.05, 3.63) is 42.1 Å². The molecule has 0 radical (unpaired) electrons. The van der Waals surface area contributed by atoms with Gasteiger partial charge in [0, 0.05) is 22.5 Å². The number of aromatic nitrogens is 2. The Kier molecular flexibility index (Phi) is 1.39. The Balaban J connectivity index is 2.58. The van der Waals surface area contributed by atoms with E-state index in [1.54, 1.807) is 0 Å². The third kappa shape index (κ3) is 0.940. The minimum Gasteiger partial charge on any atom is -0.339 e. The van der Waals surface area contributed by atoms with Gasteiger partial charge in [-0.15, -0.1) is 0 Å². The molecule has 2 nitrogen and oxygen atoms in total. The van der Waals surface area contributed by atoms with Gasteiger partial charge in [0.1, 0.15) is 5.65 Å². The van der Waals surface area contributed by atoms with Crippen LogP contribution in [0.1, 0.15) is 5.56 Å². The largest absolute Gasteiger partial charge is 0.339 e. The summed E-state index contributed by atoms with van der Waals surface area (Å²) in [6.07, 6.45) is 1.81. The minimum absolute atomic E-state index is 0.966. The number of nitrogens with zero attached hydrogens (tertiary/aromatic N) is 1. The van der Waals surface area contributed by atoms with Gasteiger partial charge in [-0.05, 0) is 31.2 Å². The molecule has 1 aromatic carbocycles. The zero-order chi connectivity index (χ0) is 9.54. The van der Waals surface area contributed by atoms with E-state index < -0.39 is 0 Å². The van der Waals surface area contributed by atoms with Crippen molar-refractivity contribution in [3.63, 3.8) is 0 Å². The molecule has 0 aliphatic rings. The predicted octanol–water partition coefficient (Wildman–Crippen LogP) is 3.02. The molecule has 0 saturated carbocycles. The van der Waals surface area contributed by atoms with Gasteiger partial charge in [0.05, 0.1) is 0 Å². The second-order valence-corrected chi connectivity index (χ2v) is 3.57. The number of hydrogen-bond donors (Lipinski definition) is 1. The van der Waals surface area contributed by atoms with Crippen LogP contribution in [0.2, 0.25) is 0 Å². The summed E-state index contributed by atoms with van der Waals surface area (Å²) in [6, 6.07) is 10.5. The van der Waals surface area contributed by atoms with Gasteiger partial charge in [0.15, 0.2) is 0 Å². The second kappa shape index (κ2) is 2.58. The highest BCUT2D eigenvalue weighted by atomic mass is 14.8. The van der Waals surface area contributed by atoms with Gasteiger partial charge in [-0.25, -0.2) is 4.98 Å². The summed E-state index contributed by atoms with van der Waals surface area (Å²) in [5.41, 5.74) is 3.40. The van der Waals surface area contributed by atoms with Crippen molar-refractivity contribution in [3.8, 4) is 0 Å². The molecule has 3 rings (SSSR count). The molecule has 2 aromatic heterocycles. The molecule has 1 N–H and O–H groups in total. The molecule has 0 bridgehead atoms. The monoisotopic (exact) mass is 182 g/mol. The Hall–Kier alpha value is -1.83. The number of nitrogens with one attached hydrogen (secondary N) is 1. The topological polar surface area (TPSA) is 28.7 Å². The van der Waals surface area contributed by atoms with E-state index in [0.717, 1.165) is 11.2 Å². The van der Waals surface area contributed by atoms with Crippen molar-refractivity contribution >= 4 is 21.9 Å². The summed E-state index contributed by atoms with van der Waals surface area (Å²) in [5.74, 6) is 0. The Morgan fingerprint density at radius 3 is 3.00 bits per heavy atom. The maximum Gasteiger partial charge on any atom is 0.138 e. The van der Waals surface area contributed by atoms with E-state index >= 15 is 0 Å². The first kappa shape index (κ1) is 7.56. The summed E-state index contributed by atoms with van der Waals surface area (Å²) in [5, 5.41) is 2.46. The molecule has 0 aliphatic carbocycles. The number of hydrogen-bond acceptors (Lipinski definition) is 1. The fraction of sp³-hybridized carbons (Fsp3) is 0.0833. The number of aryl methyl sites for hydroxylation is 1. The van der Waals surface area contributed by atoms with Crippen LogP contribution < -0.4 is 0 Å². The molecule has 68 valence electrons. The maximum absolute atomic E-state index is 4.29. The molecule has 3 aromatic rings. The van der Waals surface area contributed by atoms with Crippen LogP contribution >= 0.6 is 0 Å². The lowest BCUT2D eigenvalue weighted by Gasteiger charge is -1.92. The zero-order valence-corrected chi connectivity index (χ0v) is 7.91. The first-order valence-corrected chi connectivity index (χ1v) is 4.68. The standard InChI is InChI=1S/C12H10N2/c1-8-4-5-11-10(7-8)9-3-2-6-13-12(9)14-11/h2-7H,1H3,(H,13,14). The fourth-order valence-corrected chi connectivity index (χ4v) is 1.84. The first-order valence-electron chi connectivity index (χ1n) is 4.68.